The maximum Gasteiger partial charge on any atom is 0.136 e. The second kappa shape index (κ2) is 6.88. The number of aliphatic hydroxyl groups is 2. The second-order valence-electron chi connectivity index (χ2n) is 11.5. The van der Waals surface area contributed by atoms with Crippen molar-refractivity contribution in [1.82, 2.24) is 5.32 Å². The van der Waals surface area contributed by atoms with Gasteiger partial charge in [-0.15, -0.1) is 0 Å². The first-order valence-electron chi connectivity index (χ1n) is 12.1. The highest BCUT2D eigenvalue weighted by molar-refractivity contribution is 5.41. The highest BCUT2D eigenvalue weighted by atomic mass is 16.5. The van der Waals surface area contributed by atoms with Gasteiger partial charge in [-0.3, -0.25) is 0 Å². The van der Waals surface area contributed by atoms with Crippen molar-refractivity contribution in [2.45, 2.75) is 67.3 Å². The molecule has 6 fully saturated rings. The summed E-state index contributed by atoms with van der Waals surface area (Å²) in [7, 11) is 8.67. The van der Waals surface area contributed by atoms with Gasteiger partial charge in [0.05, 0.1) is 37.1 Å². The van der Waals surface area contributed by atoms with E-state index >= 15 is 0 Å². The molecule has 0 aromatic heterocycles. The third kappa shape index (κ3) is 2.03. The Hall–Kier alpha value is -0.320. The van der Waals surface area contributed by atoms with Crippen molar-refractivity contribution in [2.24, 2.45) is 34.5 Å². The third-order valence-corrected chi connectivity index (χ3v) is 11.2. The van der Waals surface area contributed by atoms with Crippen LogP contribution in [0.25, 0.3) is 0 Å². The summed E-state index contributed by atoms with van der Waals surface area (Å²) in [4.78, 5) is 0. The van der Waals surface area contributed by atoms with Crippen molar-refractivity contribution in [3.63, 3.8) is 0 Å². The number of nitrogens with one attached hydrogen (secondary N) is 1. The zero-order valence-electron chi connectivity index (χ0n) is 19.9. The van der Waals surface area contributed by atoms with Crippen molar-refractivity contribution in [1.29, 1.82) is 0 Å². The first kappa shape index (κ1) is 22.2. The van der Waals surface area contributed by atoms with Gasteiger partial charge in [0.15, 0.2) is 0 Å². The Morgan fingerprint density at radius 3 is 2.41 bits per heavy atom. The molecule has 5 saturated carbocycles. The van der Waals surface area contributed by atoms with Gasteiger partial charge in [-0.2, -0.15) is 0 Å². The first-order valence-corrected chi connectivity index (χ1v) is 12.1. The van der Waals surface area contributed by atoms with E-state index in [1.165, 1.54) is 0 Å². The zero-order valence-corrected chi connectivity index (χ0v) is 19.9. The lowest BCUT2D eigenvalue weighted by molar-refractivity contribution is -0.301. The molecule has 0 amide bonds. The van der Waals surface area contributed by atoms with Crippen molar-refractivity contribution < 1.29 is 33.9 Å². The van der Waals surface area contributed by atoms with Gasteiger partial charge in [-0.1, -0.05) is 0 Å². The summed E-state index contributed by atoms with van der Waals surface area (Å²) in [6, 6.07) is -0.321. The molecule has 1 spiro atoms. The number of ether oxygens (including phenoxy) is 5. The van der Waals surface area contributed by atoms with Gasteiger partial charge in [0, 0.05) is 77.1 Å². The number of piperidine rings is 1. The van der Waals surface area contributed by atoms with Crippen molar-refractivity contribution in [2.75, 3.05) is 48.7 Å². The van der Waals surface area contributed by atoms with Crippen LogP contribution in [0.2, 0.25) is 0 Å². The van der Waals surface area contributed by atoms with Gasteiger partial charge in [-0.25, -0.2) is 0 Å². The van der Waals surface area contributed by atoms with Gasteiger partial charge < -0.3 is 39.2 Å². The lowest BCUT2D eigenvalue weighted by atomic mass is 9.43. The number of hydrogen-bond donors (Lipinski definition) is 3. The summed E-state index contributed by atoms with van der Waals surface area (Å²) in [6.45, 7) is 1.34. The standard InChI is InChI=1S/C24H39NO7/c1-28-11-21-7-6-15(30-3)23-13-8-12-14(29-2)9-22(26,16(13)17(12)31-4)24(27,20(23)25-10-21)19(32-5)18(21)23/h12-20,25-27H,6-11H2,1-5H3. The molecule has 8 heteroatoms. The molecule has 0 aromatic rings. The topological polar surface area (TPSA) is 98.6 Å². The van der Waals surface area contributed by atoms with Crippen LogP contribution in [-0.4, -0.2) is 101 Å². The summed E-state index contributed by atoms with van der Waals surface area (Å²) in [6.07, 6.45) is 2.24. The normalized spacial score (nSPS) is 61.8. The summed E-state index contributed by atoms with van der Waals surface area (Å²) in [5.41, 5.74) is -3.41. The Morgan fingerprint density at radius 1 is 1.00 bits per heavy atom. The predicted molar refractivity (Wildman–Crippen MR) is 114 cm³/mol. The molecule has 1 heterocycles. The van der Waals surface area contributed by atoms with Gasteiger partial charge in [-0.05, 0) is 25.2 Å². The molecule has 6 rings (SSSR count). The molecule has 0 aromatic carbocycles. The predicted octanol–water partition coefficient (Wildman–Crippen LogP) is 0.193. The Morgan fingerprint density at radius 2 is 1.78 bits per heavy atom. The molecule has 13 unspecified atom stereocenters. The van der Waals surface area contributed by atoms with Crippen LogP contribution < -0.4 is 5.32 Å². The fourth-order valence-electron chi connectivity index (χ4n) is 10.6. The number of fused-ring (bicyclic) bond motifs is 2. The summed E-state index contributed by atoms with van der Waals surface area (Å²) < 4.78 is 30.2. The lowest BCUT2D eigenvalue weighted by Gasteiger charge is -2.67. The van der Waals surface area contributed by atoms with Gasteiger partial charge in [0.2, 0.25) is 0 Å². The molecule has 7 bridgehead atoms. The first-order chi connectivity index (χ1) is 15.4. The van der Waals surface area contributed by atoms with Gasteiger partial charge in [0.25, 0.3) is 0 Å². The largest absolute Gasteiger partial charge is 0.386 e. The van der Waals surface area contributed by atoms with Gasteiger partial charge in [0.1, 0.15) is 11.2 Å². The van der Waals surface area contributed by atoms with E-state index in [4.69, 9.17) is 23.7 Å². The minimum Gasteiger partial charge on any atom is -0.386 e. The van der Waals surface area contributed by atoms with Crippen molar-refractivity contribution >= 4 is 0 Å². The van der Waals surface area contributed by atoms with E-state index in [2.05, 4.69) is 5.32 Å². The van der Waals surface area contributed by atoms with E-state index < -0.39 is 17.3 Å². The van der Waals surface area contributed by atoms with E-state index in [0.29, 0.717) is 13.0 Å². The molecule has 1 saturated heterocycles. The fourth-order valence-corrected chi connectivity index (χ4v) is 10.6. The minimum absolute atomic E-state index is 0.0202. The smallest absolute Gasteiger partial charge is 0.136 e. The van der Waals surface area contributed by atoms with Crippen LogP contribution in [0.5, 0.6) is 0 Å². The van der Waals surface area contributed by atoms with Gasteiger partial charge >= 0.3 is 0 Å². The van der Waals surface area contributed by atoms with Crippen LogP contribution in [0.4, 0.5) is 0 Å². The van der Waals surface area contributed by atoms with E-state index in [9.17, 15) is 10.2 Å². The molecule has 32 heavy (non-hydrogen) atoms. The van der Waals surface area contributed by atoms with E-state index in [1.54, 1.807) is 35.5 Å². The Balaban J connectivity index is 1.64. The highest BCUT2D eigenvalue weighted by Gasteiger charge is 2.90. The summed E-state index contributed by atoms with van der Waals surface area (Å²) in [5, 5.41) is 29.1. The molecule has 13 atom stereocenters. The molecular formula is C24H39NO7. The second-order valence-corrected chi connectivity index (χ2v) is 11.5. The molecule has 3 N–H and O–H groups in total. The molecule has 5 aliphatic carbocycles. The molecule has 0 radical (unpaired) electrons. The number of hydrogen-bond acceptors (Lipinski definition) is 8. The minimum atomic E-state index is -1.48. The third-order valence-electron chi connectivity index (χ3n) is 11.2. The fraction of sp³-hybridized carbons (Fsp3) is 1.00. The molecule has 182 valence electrons. The summed E-state index contributed by atoms with van der Waals surface area (Å²) in [5.74, 6) is 0.151. The molecule has 6 aliphatic rings. The van der Waals surface area contributed by atoms with Crippen LogP contribution >= 0.6 is 0 Å². The van der Waals surface area contributed by atoms with Crippen LogP contribution in [0.15, 0.2) is 0 Å². The molecule has 1 aliphatic heterocycles. The zero-order chi connectivity index (χ0) is 22.7. The van der Waals surface area contributed by atoms with Crippen LogP contribution in [0.3, 0.4) is 0 Å². The van der Waals surface area contributed by atoms with Crippen molar-refractivity contribution in [3.05, 3.63) is 0 Å². The Bertz CT molecular complexity index is 783. The van der Waals surface area contributed by atoms with Crippen LogP contribution in [0, 0.1) is 34.5 Å². The van der Waals surface area contributed by atoms with E-state index in [0.717, 1.165) is 25.8 Å². The average molecular weight is 454 g/mol. The maximum atomic E-state index is 12.8. The highest BCUT2D eigenvalue weighted by Crippen LogP contribution is 2.79. The van der Waals surface area contributed by atoms with Crippen molar-refractivity contribution in [3.8, 4) is 0 Å². The molecular weight excluding hydrogens is 414 g/mol. The monoisotopic (exact) mass is 453 g/mol. The Kier molecular flexibility index (Phi) is 4.76. The van der Waals surface area contributed by atoms with E-state index in [1.807, 2.05) is 0 Å². The average Bonchev–Trinajstić information content (AvgIpc) is 3.18. The SMILES string of the molecule is COCC12CCC(OC)C34C5CC6C(OC)CC(O)(C5C6OC)C(O)(C(OC)C13)C4NC2. The van der Waals surface area contributed by atoms with Crippen LogP contribution in [-0.2, 0) is 23.7 Å². The lowest BCUT2D eigenvalue weighted by Crippen LogP contribution is -2.81. The van der Waals surface area contributed by atoms with E-state index in [-0.39, 0.29) is 58.9 Å². The Labute approximate surface area is 190 Å². The number of methoxy groups -OCH3 is 5. The van der Waals surface area contributed by atoms with Crippen LogP contribution in [0.1, 0.15) is 25.7 Å². The molecule has 8 nitrogen and oxygen atoms in total. The maximum absolute atomic E-state index is 12.8. The summed E-state index contributed by atoms with van der Waals surface area (Å²) >= 11 is 0. The number of rotatable bonds is 6. The quantitative estimate of drug-likeness (QED) is 0.525.